The van der Waals surface area contributed by atoms with E-state index in [4.69, 9.17) is 0 Å². The second-order valence-corrected chi connectivity index (χ2v) is 6.51. The molecule has 1 aliphatic rings. The summed E-state index contributed by atoms with van der Waals surface area (Å²) in [6.45, 7) is 8.09. The summed E-state index contributed by atoms with van der Waals surface area (Å²) in [6.07, 6.45) is 2.56. The molecule has 2 amide bonds. The van der Waals surface area contributed by atoms with E-state index in [1.165, 1.54) is 10.4 Å². The number of thiophene rings is 1. The third-order valence-corrected chi connectivity index (χ3v) is 5.29. The summed E-state index contributed by atoms with van der Waals surface area (Å²) in [5.74, 6) is 0.323. The van der Waals surface area contributed by atoms with Gasteiger partial charge in [0.25, 0.3) is 5.91 Å². The molecule has 1 heterocycles. The normalized spacial score (nSPS) is 17.2. The van der Waals surface area contributed by atoms with Crippen LogP contribution in [0.2, 0.25) is 0 Å². The number of nitrogens with zero attached hydrogens (tertiary/aromatic N) is 1. The third kappa shape index (κ3) is 3.46. The van der Waals surface area contributed by atoms with Crippen molar-refractivity contribution in [3.63, 3.8) is 0 Å². The molecule has 1 aromatic heterocycles. The van der Waals surface area contributed by atoms with Gasteiger partial charge in [-0.05, 0) is 51.7 Å². The first-order chi connectivity index (χ1) is 10.1. The highest BCUT2D eigenvalue weighted by molar-refractivity contribution is 7.14. The molecule has 116 valence electrons. The molecule has 0 aromatic carbocycles. The number of hydrogen-bond acceptors (Lipinski definition) is 3. The molecular weight excluding hydrogens is 284 g/mol. The van der Waals surface area contributed by atoms with Crippen molar-refractivity contribution in [1.29, 1.82) is 0 Å². The minimum absolute atomic E-state index is 0.0588. The molecular formula is C16H24N2O2S. The predicted octanol–water partition coefficient (Wildman–Crippen LogP) is 2.47. The van der Waals surface area contributed by atoms with Crippen LogP contribution >= 0.6 is 11.3 Å². The standard InChI is InChI=1S/C16H24N2O2S/c1-4-17-15(19)11-7-8-13-12(9-11)10-14(21-13)16(20)18(5-2)6-3/h10-11H,4-9H2,1-3H3,(H,17,19). The van der Waals surface area contributed by atoms with Crippen molar-refractivity contribution in [3.05, 3.63) is 21.4 Å². The Morgan fingerprint density at radius 2 is 2.05 bits per heavy atom. The molecule has 0 radical (unpaired) electrons. The first-order valence-corrected chi connectivity index (χ1v) is 8.60. The Balaban J connectivity index is 2.12. The van der Waals surface area contributed by atoms with Gasteiger partial charge in [0.2, 0.25) is 5.91 Å². The summed E-state index contributed by atoms with van der Waals surface area (Å²) in [4.78, 5) is 28.3. The van der Waals surface area contributed by atoms with Crippen LogP contribution in [0.25, 0.3) is 0 Å². The Kier molecular flexibility index (Phi) is 5.39. The number of fused-ring (bicyclic) bond motifs is 1. The Labute approximate surface area is 130 Å². The van der Waals surface area contributed by atoms with Crippen molar-refractivity contribution in [2.45, 2.75) is 40.0 Å². The number of carbonyl (C=O) groups excluding carboxylic acids is 2. The molecule has 5 heteroatoms. The van der Waals surface area contributed by atoms with Gasteiger partial charge in [-0.1, -0.05) is 0 Å². The lowest BCUT2D eigenvalue weighted by molar-refractivity contribution is -0.125. The fourth-order valence-electron chi connectivity index (χ4n) is 2.84. The summed E-state index contributed by atoms with van der Waals surface area (Å²) >= 11 is 1.61. The lowest BCUT2D eigenvalue weighted by Crippen LogP contribution is -2.33. The molecule has 0 aliphatic heterocycles. The maximum atomic E-state index is 12.4. The molecule has 1 atom stereocenters. The fourth-order valence-corrected chi connectivity index (χ4v) is 4.01. The molecule has 2 rings (SSSR count). The number of nitrogens with one attached hydrogen (secondary N) is 1. The summed E-state index contributed by atoms with van der Waals surface area (Å²) in [5, 5.41) is 2.90. The number of amides is 2. The van der Waals surface area contributed by atoms with Gasteiger partial charge in [-0.25, -0.2) is 0 Å². The van der Waals surface area contributed by atoms with Gasteiger partial charge in [-0.3, -0.25) is 9.59 Å². The van der Waals surface area contributed by atoms with E-state index in [-0.39, 0.29) is 17.7 Å². The van der Waals surface area contributed by atoms with Gasteiger partial charge in [-0.15, -0.1) is 11.3 Å². The largest absolute Gasteiger partial charge is 0.356 e. The Morgan fingerprint density at radius 3 is 2.67 bits per heavy atom. The summed E-state index contributed by atoms with van der Waals surface area (Å²) in [5.41, 5.74) is 1.19. The van der Waals surface area contributed by atoms with Crippen LogP contribution < -0.4 is 5.32 Å². The van der Waals surface area contributed by atoms with Crippen molar-refractivity contribution in [2.75, 3.05) is 19.6 Å². The summed E-state index contributed by atoms with van der Waals surface area (Å²) < 4.78 is 0. The number of hydrogen-bond donors (Lipinski definition) is 1. The molecule has 0 saturated heterocycles. The minimum Gasteiger partial charge on any atom is -0.356 e. The minimum atomic E-state index is 0.0588. The maximum Gasteiger partial charge on any atom is 0.263 e. The van der Waals surface area contributed by atoms with Crippen LogP contribution in [0.1, 0.15) is 47.3 Å². The van der Waals surface area contributed by atoms with Crippen molar-refractivity contribution < 1.29 is 9.59 Å². The van der Waals surface area contributed by atoms with Crippen LogP contribution in [0, 0.1) is 5.92 Å². The van der Waals surface area contributed by atoms with Crippen LogP contribution in [0.15, 0.2) is 6.07 Å². The van der Waals surface area contributed by atoms with Crippen molar-refractivity contribution >= 4 is 23.2 Å². The lowest BCUT2D eigenvalue weighted by Gasteiger charge is -2.20. The van der Waals surface area contributed by atoms with Crippen molar-refractivity contribution in [1.82, 2.24) is 10.2 Å². The Morgan fingerprint density at radius 1 is 1.33 bits per heavy atom. The Bertz CT molecular complexity index is 520. The molecule has 0 saturated carbocycles. The summed E-state index contributed by atoms with van der Waals surface area (Å²) in [7, 11) is 0. The van der Waals surface area contributed by atoms with Gasteiger partial charge in [-0.2, -0.15) is 0 Å². The molecule has 0 fully saturated rings. The van der Waals surface area contributed by atoms with Crippen molar-refractivity contribution in [2.24, 2.45) is 5.92 Å². The van der Waals surface area contributed by atoms with E-state index in [0.717, 1.165) is 37.2 Å². The van der Waals surface area contributed by atoms with Gasteiger partial charge in [0.05, 0.1) is 4.88 Å². The van der Waals surface area contributed by atoms with E-state index in [1.54, 1.807) is 11.3 Å². The van der Waals surface area contributed by atoms with Crippen LogP contribution in [0.5, 0.6) is 0 Å². The van der Waals surface area contributed by atoms with Gasteiger partial charge in [0.1, 0.15) is 0 Å². The average molecular weight is 308 g/mol. The smallest absolute Gasteiger partial charge is 0.263 e. The molecule has 1 aromatic rings. The van der Waals surface area contributed by atoms with Gasteiger partial charge < -0.3 is 10.2 Å². The average Bonchev–Trinajstić information content (AvgIpc) is 2.91. The zero-order chi connectivity index (χ0) is 15.4. The van der Waals surface area contributed by atoms with E-state index in [9.17, 15) is 9.59 Å². The first-order valence-electron chi connectivity index (χ1n) is 7.79. The zero-order valence-electron chi connectivity index (χ0n) is 13.1. The highest BCUT2D eigenvalue weighted by Gasteiger charge is 2.27. The number of aryl methyl sites for hydroxylation is 1. The van der Waals surface area contributed by atoms with E-state index >= 15 is 0 Å². The fraction of sp³-hybridized carbons (Fsp3) is 0.625. The van der Waals surface area contributed by atoms with Crippen LogP contribution in [0.4, 0.5) is 0 Å². The maximum absolute atomic E-state index is 12.4. The number of rotatable bonds is 5. The topological polar surface area (TPSA) is 49.4 Å². The third-order valence-electron chi connectivity index (χ3n) is 4.07. The van der Waals surface area contributed by atoms with E-state index < -0.39 is 0 Å². The second-order valence-electron chi connectivity index (χ2n) is 5.37. The SMILES string of the molecule is CCNC(=O)C1CCc2sc(C(=O)N(CC)CC)cc2C1. The second kappa shape index (κ2) is 7.07. The first kappa shape index (κ1) is 16.0. The van der Waals surface area contributed by atoms with Gasteiger partial charge in [0, 0.05) is 30.4 Å². The van der Waals surface area contributed by atoms with Crippen LogP contribution in [0.3, 0.4) is 0 Å². The van der Waals surface area contributed by atoms with Crippen LogP contribution in [-0.2, 0) is 17.6 Å². The molecule has 0 bridgehead atoms. The lowest BCUT2D eigenvalue weighted by atomic mass is 9.88. The molecule has 1 N–H and O–H groups in total. The highest BCUT2D eigenvalue weighted by Crippen LogP contribution is 2.33. The predicted molar refractivity (Wildman–Crippen MR) is 85.8 cm³/mol. The van der Waals surface area contributed by atoms with E-state index in [0.29, 0.717) is 6.54 Å². The Hall–Kier alpha value is -1.36. The molecule has 1 aliphatic carbocycles. The van der Waals surface area contributed by atoms with Crippen LogP contribution in [-0.4, -0.2) is 36.3 Å². The molecule has 4 nitrogen and oxygen atoms in total. The molecule has 21 heavy (non-hydrogen) atoms. The number of carbonyl (C=O) groups is 2. The van der Waals surface area contributed by atoms with E-state index in [1.807, 2.05) is 31.7 Å². The van der Waals surface area contributed by atoms with Gasteiger partial charge >= 0.3 is 0 Å². The monoisotopic (exact) mass is 308 g/mol. The van der Waals surface area contributed by atoms with E-state index in [2.05, 4.69) is 5.32 Å². The quantitative estimate of drug-likeness (QED) is 0.908. The zero-order valence-corrected chi connectivity index (χ0v) is 13.9. The molecule has 0 spiro atoms. The molecule has 1 unspecified atom stereocenters. The highest BCUT2D eigenvalue weighted by atomic mass is 32.1. The summed E-state index contributed by atoms with van der Waals surface area (Å²) in [6, 6.07) is 2.01. The van der Waals surface area contributed by atoms with Gasteiger partial charge in [0.15, 0.2) is 0 Å². The van der Waals surface area contributed by atoms with Crippen molar-refractivity contribution in [3.8, 4) is 0 Å².